The number of aliphatic carboxylic acids is 1. The quantitative estimate of drug-likeness (QED) is 0.0321. The van der Waals surface area contributed by atoms with E-state index >= 15 is 0 Å². The normalized spacial score (nSPS) is 11.3. The molecule has 2 heterocycles. The Kier molecular flexibility index (Phi) is 19.2. The molecule has 0 saturated heterocycles. The van der Waals surface area contributed by atoms with Gasteiger partial charge in [0.25, 0.3) is 26.6 Å². The van der Waals surface area contributed by atoms with Crippen LogP contribution in [0.5, 0.6) is 23.3 Å². The number of carboxylic acid groups (broad SMARTS) is 1. The fourth-order valence-electron chi connectivity index (χ4n) is 4.60. The molecule has 0 aliphatic rings. The van der Waals surface area contributed by atoms with E-state index in [9.17, 15) is 50.7 Å². The third-order valence-electron chi connectivity index (χ3n) is 7.51. The summed E-state index contributed by atoms with van der Waals surface area (Å²) in [6.45, 7) is 2.11. The van der Waals surface area contributed by atoms with Gasteiger partial charge in [-0.1, -0.05) is 40.9 Å². The van der Waals surface area contributed by atoms with Gasteiger partial charge in [0.05, 0.1) is 71.0 Å². The van der Waals surface area contributed by atoms with Gasteiger partial charge in [0.1, 0.15) is 17.1 Å². The van der Waals surface area contributed by atoms with E-state index in [0.717, 1.165) is 34.8 Å². The van der Waals surface area contributed by atoms with Crippen LogP contribution in [0, 0.1) is 17.0 Å². The third-order valence-corrected chi connectivity index (χ3v) is 10.4. The number of benzene rings is 3. The molecule has 5 rings (SSSR count). The number of aryl methyl sites for hydroxylation is 1. The summed E-state index contributed by atoms with van der Waals surface area (Å²) in [5, 5.41) is 24.6. The molecule has 5 N–H and O–H groups in total. The van der Waals surface area contributed by atoms with Gasteiger partial charge in [-0.05, 0) is 49.7 Å². The van der Waals surface area contributed by atoms with Crippen molar-refractivity contribution in [3.8, 4) is 23.3 Å². The van der Waals surface area contributed by atoms with Crippen LogP contribution in [0.25, 0.3) is 5.78 Å². The number of alkyl halides is 3. The van der Waals surface area contributed by atoms with Crippen LogP contribution < -0.4 is 24.2 Å². The highest BCUT2D eigenvalue weighted by Gasteiger charge is 2.31. The number of halogens is 6. The highest BCUT2D eigenvalue weighted by Crippen LogP contribution is 2.38. The van der Waals surface area contributed by atoms with Crippen LogP contribution in [-0.4, -0.2) is 106 Å². The van der Waals surface area contributed by atoms with E-state index in [2.05, 4.69) is 29.8 Å². The molecule has 5 aromatic rings. The van der Waals surface area contributed by atoms with Crippen molar-refractivity contribution in [3.63, 3.8) is 0 Å². The Morgan fingerprint density at radius 2 is 1.65 bits per heavy atom. The Bertz CT molecular complexity index is 2760. The summed E-state index contributed by atoms with van der Waals surface area (Å²) in [6.07, 6.45) is -5.20. The Labute approximate surface area is 385 Å². The number of carboxylic acids is 1. The van der Waals surface area contributed by atoms with E-state index in [1.807, 2.05) is 0 Å². The smallest absolute Gasteiger partial charge is 0.416 e. The van der Waals surface area contributed by atoms with Crippen molar-refractivity contribution in [2.24, 2.45) is 0 Å². The van der Waals surface area contributed by atoms with Crippen LogP contribution in [-0.2, 0) is 39.8 Å². The third kappa shape index (κ3) is 15.8. The van der Waals surface area contributed by atoms with Crippen molar-refractivity contribution < 1.29 is 84.0 Å². The van der Waals surface area contributed by atoms with Gasteiger partial charge in [-0.3, -0.25) is 29.5 Å². The number of carbonyl (C=O) groups excluding carboxylic acids is 2. The highest BCUT2D eigenvalue weighted by molar-refractivity contribution is 7.92. The number of hydrogen-bond donors (Lipinski definition) is 5. The van der Waals surface area contributed by atoms with Gasteiger partial charge in [0.15, 0.2) is 6.61 Å². The van der Waals surface area contributed by atoms with Gasteiger partial charge in [-0.15, -0.1) is 5.10 Å². The van der Waals surface area contributed by atoms with Crippen LogP contribution >= 0.6 is 42.4 Å². The number of hydrogen-bond acceptors (Lipinski definition) is 17. The lowest BCUT2D eigenvalue weighted by Crippen LogP contribution is -2.23. The van der Waals surface area contributed by atoms with Gasteiger partial charge in [0.2, 0.25) is 11.8 Å². The summed E-state index contributed by atoms with van der Waals surface area (Å²) >= 11 is 18.0. The molecule has 0 aliphatic carbocycles. The van der Waals surface area contributed by atoms with Crippen LogP contribution in [0.2, 0.25) is 15.1 Å². The van der Waals surface area contributed by atoms with Gasteiger partial charge >= 0.3 is 31.7 Å². The number of nitrogens with one attached hydrogen (secondary N) is 2. The monoisotopic (exact) mass is 1030 g/mol. The molecule has 2 aromatic heterocycles. The lowest BCUT2D eigenvalue weighted by molar-refractivity contribution is -0.385. The molecule has 358 valence electrons. The second-order valence-corrected chi connectivity index (χ2v) is 16.7. The number of aromatic nitrogens is 4. The summed E-state index contributed by atoms with van der Waals surface area (Å²) in [6, 6.07) is 10.0. The molecule has 0 atom stereocenters. The Morgan fingerprint density at radius 1 is 0.970 bits per heavy atom. The minimum atomic E-state index is -4.61. The molecule has 0 radical (unpaired) electrons. The van der Waals surface area contributed by atoms with E-state index in [0.29, 0.717) is 11.6 Å². The SMILES string of the molecule is CCOC(=O)COC(=O)c1cc(Oc2ccc(C(F)(F)F)cc2Cl)ccc1[N+](=O)[O-].COc1cc(OC)n2nc(S(=O)(=O)Nc3c(Cl)ccc(C)c3Cl)nc2n1.O=C(O)CNCP(=O)(O)O. The predicted molar refractivity (Wildman–Crippen MR) is 225 cm³/mol. The fraction of sp³-hybridized carbons (Fsp3) is 0.257. The first kappa shape index (κ1) is 54.3. The standard InChI is InChI=1S/C18H13ClF3NO7.C14H13Cl2N5O4S.C3H8NO5P/c1-2-28-16(24)9-29-17(25)12-8-11(4-5-14(12)23(26)27)30-15-6-3-10(7-13(15)19)18(20,21)22;1-7-4-5-8(15)12(11(7)16)20-26(22,23)14-18-13-17-9(24-2)6-10(25-3)21(13)19-14;5-3(6)1-4-2-10(7,8)9/h3-8H,2,9H2,1H3;4-6,20H,1-3H3;4H,1-2H2,(H,5,6)(H2,7,8,9). The molecule has 3 aromatic carbocycles. The zero-order valence-electron chi connectivity index (χ0n) is 34.0. The van der Waals surface area contributed by atoms with Crippen molar-refractivity contribution >= 4 is 87.5 Å². The molecule has 0 bridgehead atoms. The van der Waals surface area contributed by atoms with Crippen molar-refractivity contribution in [3.05, 3.63) is 96.5 Å². The summed E-state index contributed by atoms with van der Waals surface area (Å²) in [5.74, 6) is -3.11. The van der Waals surface area contributed by atoms with Gasteiger partial charge < -0.3 is 38.6 Å². The average Bonchev–Trinajstić information content (AvgIpc) is 3.68. The summed E-state index contributed by atoms with van der Waals surface area (Å²) < 4.78 is 102. The second-order valence-electron chi connectivity index (χ2n) is 12.3. The topological polar surface area (TPSA) is 320 Å². The van der Waals surface area contributed by atoms with E-state index in [1.165, 1.54) is 33.3 Å². The second kappa shape index (κ2) is 23.4. The molecule has 31 heteroatoms. The van der Waals surface area contributed by atoms with E-state index in [-0.39, 0.29) is 56.4 Å². The van der Waals surface area contributed by atoms with Crippen molar-refractivity contribution in [2.75, 3.05) is 45.0 Å². The number of methoxy groups -OCH3 is 2. The van der Waals surface area contributed by atoms with Crippen molar-refractivity contribution in [2.45, 2.75) is 25.2 Å². The molecule has 0 fully saturated rings. The molecular weight excluding hydrogens is 1000 g/mol. The summed E-state index contributed by atoms with van der Waals surface area (Å²) in [7, 11) is -5.47. The van der Waals surface area contributed by atoms with Crippen LogP contribution in [0.1, 0.15) is 28.4 Å². The number of carbonyl (C=O) groups is 3. The summed E-state index contributed by atoms with van der Waals surface area (Å²) in [5.41, 5.74) is -1.46. The number of ether oxygens (including phenoxy) is 5. The number of nitrogens with zero attached hydrogens (tertiary/aromatic N) is 5. The maximum atomic E-state index is 12.7. The molecule has 0 saturated carbocycles. The van der Waals surface area contributed by atoms with Crippen LogP contribution in [0.4, 0.5) is 24.5 Å². The molecule has 0 spiro atoms. The number of nitro groups is 1. The van der Waals surface area contributed by atoms with E-state index < -0.39 is 88.0 Å². The van der Waals surface area contributed by atoms with E-state index in [1.54, 1.807) is 13.0 Å². The number of esters is 2. The molecule has 0 amide bonds. The zero-order valence-corrected chi connectivity index (χ0v) is 38.0. The number of fused-ring (bicyclic) bond motifs is 1. The highest BCUT2D eigenvalue weighted by atomic mass is 35.5. The number of rotatable bonds is 16. The van der Waals surface area contributed by atoms with Crippen LogP contribution in [0.3, 0.4) is 0 Å². The summed E-state index contributed by atoms with van der Waals surface area (Å²) in [4.78, 5) is 67.9. The first-order valence-corrected chi connectivity index (χ1v) is 22.1. The number of anilines is 1. The minimum absolute atomic E-state index is 0.0111. The fourth-order valence-corrected chi connectivity index (χ4v) is 6.76. The Morgan fingerprint density at radius 3 is 2.21 bits per heavy atom. The molecule has 66 heavy (non-hydrogen) atoms. The van der Waals surface area contributed by atoms with E-state index in [4.69, 9.17) is 68.6 Å². The van der Waals surface area contributed by atoms with Crippen molar-refractivity contribution in [1.82, 2.24) is 24.9 Å². The number of sulfonamides is 1. The predicted octanol–water partition coefficient (Wildman–Crippen LogP) is 6.13. The van der Waals surface area contributed by atoms with Crippen LogP contribution in [0.15, 0.2) is 59.8 Å². The molecule has 23 nitrogen and oxygen atoms in total. The van der Waals surface area contributed by atoms with Crippen molar-refractivity contribution in [1.29, 1.82) is 0 Å². The average molecular weight is 1040 g/mol. The molecule has 0 aliphatic heterocycles. The Hall–Kier alpha value is -6.06. The maximum Gasteiger partial charge on any atom is 0.416 e. The first-order valence-electron chi connectivity index (χ1n) is 17.7. The lowest BCUT2D eigenvalue weighted by Gasteiger charge is -2.12. The lowest BCUT2D eigenvalue weighted by atomic mass is 10.1. The zero-order chi connectivity index (χ0) is 49.7. The largest absolute Gasteiger partial charge is 0.481 e. The van der Waals surface area contributed by atoms with Gasteiger partial charge in [0, 0.05) is 12.1 Å². The minimum Gasteiger partial charge on any atom is -0.481 e. The maximum absolute atomic E-state index is 12.7. The molecule has 0 unspecified atom stereocenters. The van der Waals surface area contributed by atoms with Gasteiger partial charge in [-0.25, -0.2) is 9.59 Å². The Balaban J connectivity index is 0.000000293. The molecular formula is C35H34Cl3F3N7O16PS. The first-order chi connectivity index (χ1) is 30.7. The number of nitro benzene ring substituents is 1. The van der Waals surface area contributed by atoms with Gasteiger partial charge in [-0.2, -0.15) is 36.1 Å².